The number of nitrogens with one attached hydrogen (secondary N) is 1. The lowest BCUT2D eigenvalue weighted by atomic mass is 10.1. The Kier molecular flexibility index (Phi) is 6.10. The molecule has 178 valence electrons. The third-order valence-electron chi connectivity index (χ3n) is 5.65. The zero-order valence-corrected chi connectivity index (χ0v) is 19.3. The van der Waals surface area contributed by atoms with Crippen molar-refractivity contribution in [1.82, 2.24) is 29.2 Å². The van der Waals surface area contributed by atoms with Crippen molar-refractivity contribution >= 4 is 22.8 Å². The van der Waals surface area contributed by atoms with Crippen molar-refractivity contribution in [2.75, 3.05) is 6.79 Å². The maximum atomic E-state index is 13.0. The van der Waals surface area contributed by atoms with Gasteiger partial charge in [-0.05, 0) is 42.1 Å². The number of unbranched alkanes of at least 4 members (excludes halogenated alkanes) is 1. The first kappa shape index (κ1) is 22.2. The highest BCUT2D eigenvalue weighted by molar-refractivity contribution is 6.28. The highest BCUT2D eigenvalue weighted by atomic mass is 35.5. The van der Waals surface area contributed by atoms with Crippen LogP contribution < -0.4 is 20.7 Å². The number of ether oxygens (including phenoxy) is 2. The number of H-pyrrole nitrogens is 1. The molecule has 4 heterocycles. The Hall–Kier alpha value is -3.60. The molecule has 1 N–H and O–H groups in total. The highest BCUT2D eigenvalue weighted by Crippen LogP contribution is 2.32. The fourth-order valence-electron chi connectivity index (χ4n) is 3.94. The maximum absolute atomic E-state index is 13.0. The number of aromatic nitrogens is 6. The topological polar surface area (TPSA) is 130 Å². The van der Waals surface area contributed by atoms with Crippen LogP contribution in [0.5, 0.6) is 11.5 Å². The number of halogens is 1. The van der Waals surface area contributed by atoms with Crippen molar-refractivity contribution in [2.24, 2.45) is 0 Å². The Balaban J connectivity index is 1.28. The van der Waals surface area contributed by atoms with Crippen LogP contribution in [0.15, 0.2) is 32.3 Å². The van der Waals surface area contributed by atoms with E-state index in [1.165, 1.54) is 9.13 Å². The molecule has 0 unspecified atom stereocenters. The van der Waals surface area contributed by atoms with E-state index in [2.05, 4.69) is 20.1 Å². The van der Waals surface area contributed by atoms with Crippen molar-refractivity contribution in [3.05, 3.63) is 61.6 Å². The van der Waals surface area contributed by atoms with Crippen LogP contribution in [-0.2, 0) is 25.9 Å². The van der Waals surface area contributed by atoms with E-state index in [9.17, 15) is 9.59 Å². The van der Waals surface area contributed by atoms with E-state index in [-0.39, 0.29) is 29.8 Å². The van der Waals surface area contributed by atoms with Crippen LogP contribution in [-0.4, -0.2) is 36.0 Å². The van der Waals surface area contributed by atoms with E-state index in [1.807, 2.05) is 25.1 Å². The molecule has 12 heteroatoms. The number of aromatic amines is 1. The summed E-state index contributed by atoms with van der Waals surface area (Å²) in [5.74, 6) is 2.41. The third-order valence-corrected chi connectivity index (χ3v) is 5.83. The fraction of sp³-hybridized carbons (Fsp3) is 0.409. The van der Waals surface area contributed by atoms with Crippen LogP contribution in [0.4, 0.5) is 0 Å². The number of hydrogen-bond donors (Lipinski definition) is 1. The van der Waals surface area contributed by atoms with Crippen LogP contribution >= 0.6 is 11.6 Å². The Morgan fingerprint density at radius 2 is 1.91 bits per heavy atom. The first-order valence-corrected chi connectivity index (χ1v) is 11.5. The molecule has 0 atom stereocenters. The van der Waals surface area contributed by atoms with E-state index < -0.39 is 11.2 Å². The van der Waals surface area contributed by atoms with Crippen LogP contribution in [0.25, 0.3) is 11.2 Å². The van der Waals surface area contributed by atoms with Gasteiger partial charge in [-0.3, -0.25) is 13.9 Å². The van der Waals surface area contributed by atoms with E-state index in [1.54, 1.807) is 0 Å². The summed E-state index contributed by atoms with van der Waals surface area (Å²) in [5.41, 5.74) is 0.644. The average molecular weight is 487 g/mol. The van der Waals surface area contributed by atoms with Crippen LogP contribution in [0, 0.1) is 0 Å². The predicted octanol–water partition coefficient (Wildman–Crippen LogP) is 2.68. The lowest BCUT2D eigenvalue weighted by Gasteiger charge is -2.10. The number of imidazole rings is 1. The second-order valence-corrected chi connectivity index (χ2v) is 8.40. The average Bonchev–Trinajstić information content (AvgIpc) is 3.56. The van der Waals surface area contributed by atoms with Crippen LogP contribution in [0.3, 0.4) is 0 Å². The molecule has 1 aliphatic rings. The minimum atomic E-state index is -0.443. The first-order chi connectivity index (χ1) is 16.5. The van der Waals surface area contributed by atoms with Crippen molar-refractivity contribution < 1.29 is 14.0 Å². The number of hydrogen-bond acceptors (Lipinski definition) is 8. The lowest BCUT2D eigenvalue weighted by Crippen LogP contribution is -2.40. The Morgan fingerprint density at radius 3 is 2.76 bits per heavy atom. The maximum Gasteiger partial charge on any atom is 0.332 e. The van der Waals surface area contributed by atoms with Crippen molar-refractivity contribution in [3.8, 4) is 11.5 Å². The van der Waals surface area contributed by atoms with Gasteiger partial charge in [-0.15, -0.1) is 0 Å². The number of rotatable bonds is 9. The van der Waals surface area contributed by atoms with Gasteiger partial charge in [0.05, 0.1) is 0 Å². The van der Waals surface area contributed by atoms with Gasteiger partial charge in [0.25, 0.3) is 5.56 Å². The normalized spacial score (nSPS) is 12.6. The number of nitrogens with zero attached hydrogens (tertiary/aromatic N) is 5. The Labute approximate surface area is 198 Å². The van der Waals surface area contributed by atoms with E-state index in [4.69, 9.17) is 25.6 Å². The summed E-state index contributed by atoms with van der Waals surface area (Å²) >= 11 is 5.97. The summed E-state index contributed by atoms with van der Waals surface area (Å²) < 4.78 is 18.8. The van der Waals surface area contributed by atoms with E-state index in [0.717, 1.165) is 24.2 Å². The summed E-state index contributed by atoms with van der Waals surface area (Å²) in [6, 6.07) is 5.68. The SMILES string of the molecule is CCCCn1c(=O)n(CCCc2nc(Cc3ccc4c(c3)OCO4)no2)c(=O)c2[nH]c(Cl)nc21. The van der Waals surface area contributed by atoms with E-state index in [0.29, 0.717) is 43.3 Å². The molecular formula is C22H23ClN6O5. The van der Waals surface area contributed by atoms with Gasteiger partial charge in [-0.1, -0.05) is 24.6 Å². The number of fused-ring (bicyclic) bond motifs is 2. The van der Waals surface area contributed by atoms with Crippen LogP contribution in [0.2, 0.25) is 5.28 Å². The molecule has 0 spiro atoms. The van der Waals surface area contributed by atoms with Gasteiger partial charge in [0, 0.05) is 25.9 Å². The van der Waals surface area contributed by atoms with Gasteiger partial charge in [-0.2, -0.15) is 9.97 Å². The third kappa shape index (κ3) is 4.30. The molecule has 1 aliphatic heterocycles. The molecule has 5 rings (SSSR count). The smallest absolute Gasteiger partial charge is 0.332 e. The van der Waals surface area contributed by atoms with Gasteiger partial charge < -0.3 is 19.0 Å². The quantitative estimate of drug-likeness (QED) is 0.357. The molecule has 3 aromatic heterocycles. The van der Waals surface area contributed by atoms with Crippen molar-refractivity contribution in [3.63, 3.8) is 0 Å². The number of aryl methyl sites for hydroxylation is 2. The zero-order chi connectivity index (χ0) is 23.7. The van der Waals surface area contributed by atoms with Gasteiger partial charge in [0.15, 0.2) is 28.5 Å². The molecule has 0 aliphatic carbocycles. The molecule has 0 bridgehead atoms. The predicted molar refractivity (Wildman–Crippen MR) is 123 cm³/mol. The van der Waals surface area contributed by atoms with Gasteiger partial charge >= 0.3 is 5.69 Å². The second-order valence-electron chi connectivity index (χ2n) is 8.04. The summed E-state index contributed by atoms with van der Waals surface area (Å²) in [6.07, 6.45) is 3.07. The molecular weight excluding hydrogens is 464 g/mol. The molecule has 4 aromatic rings. The molecule has 0 radical (unpaired) electrons. The zero-order valence-electron chi connectivity index (χ0n) is 18.5. The lowest BCUT2D eigenvalue weighted by molar-refractivity contribution is 0.174. The molecule has 34 heavy (non-hydrogen) atoms. The Morgan fingerprint density at radius 1 is 1.09 bits per heavy atom. The minimum absolute atomic E-state index is 0.0790. The van der Waals surface area contributed by atoms with E-state index >= 15 is 0 Å². The summed E-state index contributed by atoms with van der Waals surface area (Å²) in [5, 5.41) is 4.12. The summed E-state index contributed by atoms with van der Waals surface area (Å²) in [7, 11) is 0. The Bertz CT molecular complexity index is 1450. The molecule has 1 aromatic carbocycles. The van der Waals surface area contributed by atoms with Gasteiger partial charge in [-0.25, -0.2) is 4.79 Å². The first-order valence-electron chi connectivity index (χ1n) is 11.1. The molecule has 0 amide bonds. The largest absolute Gasteiger partial charge is 0.454 e. The summed E-state index contributed by atoms with van der Waals surface area (Å²) in [4.78, 5) is 37.2. The molecule has 0 saturated carbocycles. The van der Waals surface area contributed by atoms with Crippen LogP contribution in [0.1, 0.15) is 43.5 Å². The van der Waals surface area contributed by atoms with Crippen molar-refractivity contribution in [1.29, 1.82) is 0 Å². The highest BCUT2D eigenvalue weighted by Gasteiger charge is 2.18. The molecule has 11 nitrogen and oxygen atoms in total. The van der Waals surface area contributed by atoms with Gasteiger partial charge in [0.1, 0.15) is 0 Å². The van der Waals surface area contributed by atoms with Gasteiger partial charge in [0.2, 0.25) is 18.0 Å². The number of benzene rings is 1. The fourth-order valence-corrected chi connectivity index (χ4v) is 4.11. The monoisotopic (exact) mass is 486 g/mol. The van der Waals surface area contributed by atoms with Crippen molar-refractivity contribution in [2.45, 2.75) is 52.1 Å². The summed E-state index contributed by atoms with van der Waals surface area (Å²) in [6.45, 7) is 2.91. The molecule has 0 fully saturated rings. The molecule has 0 saturated heterocycles. The second kappa shape index (κ2) is 9.34. The standard InChI is InChI=1S/C22H23ClN6O5/c1-2-3-8-28-19-18(25-21(23)26-19)20(30)29(22(28)31)9-4-5-17-24-16(27-34-17)11-13-6-7-14-15(10-13)33-12-32-14/h6-7,10H,2-5,8-9,11-12H2,1H3,(H,25,26). The minimum Gasteiger partial charge on any atom is -0.454 e.